The van der Waals surface area contributed by atoms with E-state index in [0.717, 1.165) is 25.6 Å². The Morgan fingerprint density at radius 2 is 1.82 bits per heavy atom. The van der Waals surface area contributed by atoms with Gasteiger partial charge in [-0.3, -0.25) is 4.99 Å². The first-order chi connectivity index (χ1) is 12.8. The van der Waals surface area contributed by atoms with Gasteiger partial charge in [0.05, 0.1) is 25.1 Å². The Bertz CT molecular complexity index is 540. The molecule has 1 aliphatic heterocycles. The van der Waals surface area contributed by atoms with Crippen molar-refractivity contribution in [1.82, 2.24) is 19.4 Å². The molecular formula is C17H38IN5O4S. The molecule has 0 radical (unpaired) electrons. The molecule has 1 saturated heterocycles. The first kappa shape index (κ1) is 27.8. The molecule has 0 aromatic carbocycles. The van der Waals surface area contributed by atoms with Gasteiger partial charge in [-0.1, -0.05) is 0 Å². The van der Waals surface area contributed by atoms with Crippen molar-refractivity contribution < 1.29 is 17.9 Å². The number of likely N-dealkylation sites (N-methyl/N-ethyl adjacent to an activating group) is 1. The fourth-order valence-corrected chi connectivity index (χ4v) is 4.03. The van der Waals surface area contributed by atoms with E-state index in [4.69, 9.17) is 9.47 Å². The highest BCUT2D eigenvalue weighted by atomic mass is 127. The first-order valence-electron chi connectivity index (χ1n) is 9.52. The Labute approximate surface area is 187 Å². The van der Waals surface area contributed by atoms with Crippen LogP contribution < -0.4 is 5.32 Å². The van der Waals surface area contributed by atoms with E-state index >= 15 is 0 Å². The molecule has 9 nitrogen and oxygen atoms in total. The number of piperazine rings is 1. The Balaban J connectivity index is 0.00000729. The van der Waals surface area contributed by atoms with Crippen LogP contribution in [0.5, 0.6) is 0 Å². The van der Waals surface area contributed by atoms with Crippen LogP contribution in [0.4, 0.5) is 0 Å². The zero-order valence-corrected chi connectivity index (χ0v) is 21.0. The SMILES string of the molecule is CN=C(NCCN(C)CCOC)N1CCN(S(=O)(=O)CCOC(C)C)CC1.I. The summed E-state index contributed by atoms with van der Waals surface area (Å²) in [6.45, 7) is 9.49. The van der Waals surface area contributed by atoms with Crippen LogP contribution in [0.1, 0.15) is 13.8 Å². The lowest BCUT2D eigenvalue weighted by Crippen LogP contribution is -2.54. The number of methoxy groups -OCH3 is 1. The molecule has 0 aromatic heterocycles. The number of halogens is 1. The van der Waals surface area contributed by atoms with Gasteiger partial charge >= 0.3 is 0 Å². The molecular weight excluding hydrogens is 497 g/mol. The van der Waals surface area contributed by atoms with Crippen molar-refractivity contribution in [3.05, 3.63) is 0 Å². The third-order valence-corrected chi connectivity index (χ3v) is 6.22. The predicted molar refractivity (Wildman–Crippen MR) is 124 cm³/mol. The summed E-state index contributed by atoms with van der Waals surface area (Å²) >= 11 is 0. The number of guanidine groups is 1. The summed E-state index contributed by atoms with van der Waals surface area (Å²) in [5.41, 5.74) is 0. The molecule has 1 fully saturated rings. The highest BCUT2D eigenvalue weighted by molar-refractivity contribution is 14.0. The minimum absolute atomic E-state index is 0. The lowest BCUT2D eigenvalue weighted by molar-refractivity contribution is 0.0904. The fourth-order valence-electron chi connectivity index (χ4n) is 2.75. The van der Waals surface area contributed by atoms with Gasteiger partial charge in [0.15, 0.2) is 5.96 Å². The lowest BCUT2D eigenvalue weighted by atomic mass is 10.4. The van der Waals surface area contributed by atoms with Crippen LogP contribution in [0.2, 0.25) is 0 Å². The van der Waals surface area contributed by atoms with E-state index in [0.29, 0.717) is 32.8 Å². The van der Waals surface area contributed by atoms with E-state index in [1.165, 1.54) is 0 Å². The molecule has 0 amide bonds. The number of nitrogens with zero attached hydrogens (tertiary/aromatic N) is 4. The number of nitrogens with one attached hydrogen (secondary N) is 1. The highest BCUT2D eigenvalue weighted by Gasteiger charge is 2.27. The van der Waals surface area contributed by atoms with Crippen molar-refractivity contribution >= 4 is 40.0 Å². The largest absolute Gasteiger partial charge is 0.383 e. The minimum Gasteiger partial charge on any atom is -0.383 e. The van der Waals surface area contributed by atoms with Crippen LogP contribution in [-0.2, 0) is 19.5 Å². The molecule has 0 saturated carbocycles. The van der Waals surface area contributed by atoms with Crippen LogP contribution in [0.15, 0.2) is 4.99 Å². The van der Waals surface area contributed by atoms with Gasteiger partial charge in [0.25, 0.3) is 0 Å². The van der Waals surface area contributed by atoms with E-state index < -0.39 is 10.0 Å². The topological polar surface area (TPSA) is 86.7 Å². The average Bonchev–Trinajstić information content (AvgIpc) is 2.63. The van der Waals surface area contributed by atoms with Gasteiger partial charge in [0.2, 0.25) is 10.0 Å². The maximum absolute atomic E-state index is 12.4. The lowest BCUT2D eigenvalue weighted by Gasteiger charge is -2.36. The summed E-state index contributed by atoms with van der Waals surface area (Å²) in [6, 6.07) is 0. The van der Waals surface area contributed by atoms with Gasteiger partial charge in [-0.25, -0.2) is 8.42 Å². The second-order valence-corrected chi connectivity index (χ2v) is 8.98. The molecule has 28 heavy (non-hydrogen) atoms. The molecule has 0 unspecified atom stereocenters. The molecule has 0 aliphatic carbocycles. The second kappa shape index (κ2) is 14.7. The Kier molecular flexibility index (Phi) is 14.6. The summed E-state index contributed by atoms with van der Waals surface area (Å²) in [4.78, 5) is 8.62. The van der Waals surface area contributed by atoms with E-state index in [-0.39, 0.29) is 42.4 Å². The molecule has 11 heteroatoms. The Morgan fingerprint density at radius 1 is 1.18 bits per heavy atom. The number of ether oxygens (including phenoxy) is 2. The number of hydrogen-bond acceptors (Lipinski definition) is 6. The zero-order chi connectivity index (χ0) is 20.3. The van der Waals surface area contributed by atoms with Gasteiger partial charge in [0, 0.05) is 60.0 Å². The first-order valence-corrected chi connectivity index (χ1v) is 11.1. The highest BCUT2D eigenvalue weighted by Crippen LogP contribution is 2.09. The molecule has 1 N–H and O–H groups in total. The molecule has 0 bridgehead atoms. The molecule has 168 valence electrons. The fraction of sp³-hybridized carbons (Fsp3) is 0.941. The third kappa shape index (κ3) is 10.5. The van der Waals surface area contributed by atoms with Crippen LogP contribution >= 0.6 is 24.0 Å². The van der Waals surface area contributed by atoms with Gasteiger partial charge in [-0.2, -0.15) is 4.31 Å². The van der Waals surface area contributed by atoms with E-state index in [9.17, 15) is 8.42 Å². The average molecular weight is 535 g/mol. The number of aliphatic imine (C=N–C) groups is 1. The van der Waals surface area contributed by atoms with Crippen LogP contribution in [0.25, 0.3) is 0 Å². The van der Waals surface area contributed by atoms with Gasteiger partial charge in [0.1, 0.15) is 0 Å². The molecule has 0 atom stereocenters. The zero-order valence-electron chi connectivity index (χ0n) is 17.9. The van der Waals surface area contributed by atoms with E-state index in [1.54, 1.807) is 18.5 Å². The summed E-state index contributed by atoms with van der Waals surface area (Å²) in [5, 5.41) is 3.35. The van der Waals surface area contributed by atoms with Crippen molar-refractivity contribution in [3.63, 3.8) is 0 Å². The Morgan fingerprint density at radius 3 is 2.36 bits per heavy atom. The molecule has 1 aliphatic rings. The van der Waals surface area contributed by atoms with E-state index in [2.05, 4.69) is 27.2 Å². The number of sulfonamides is 1. The van der Waals surface area contributed by atoms with Crippen LogP contribution in [0, 0.1) is 0 Å². The maximum Gasteiger partial charge on any atom is 0.216 e. The molecule has 0 aromatic rings. The van der Waals surface area contributed by atoms with Crippen molar-refractivity contribution in [2.45, 2.75) is 20.0 Å². The predicted octanol–water partition coefficient (Wildman–Crippen LogP) is 0.130. The Hall–Kier alpha value is -0.210. The van der Waals surface area contributed by atoms with Crippen LogP contribution in [-0.4, -0.2) is 121 Å². The number of rotatable bonds is 11. The quantitative estimate of drug-likeness (QED) is 0.229. The van der Waals surface area contributed by atoms with Crippen molar-refractivity contribution in [2.75, 3.05) is 86.0 Å². The second-order valence-electron chi connectivity index (χ2n) is 6.89. The van der Waals surface area contributed by atoms with Crippen molar-refractivity contribution in [3.8, 4) is 0 Å². The van der Waals surface area contributed by atoms with Crippen molar-refractivity contribution in [1.29, 1.82) is 0 Å². The van der Waals surface area contributed by atoms with Crippen LogP contribution in [0.3, 0.4) is 0 Å². The summed E-state index contributed by atoms with van der Waals surface area (Å²) in [7, 11) is 2.24. The monoisotopic (exact) mass is 535 g/mol. The summed E-state index contributed by atoms with van der Waals surface area (Å²) < 4.78 is 36.8. The smallest absolute Gasteiger partial charge is 0.216 e. The van der Waals surface area contributed by atoms with Gasteiger partial charge in [-0.05, 0) is 20.9 Å². The van der Waals surface area contributed by atoms with Gasteiger partial charge < -0.3 is 24.6 Å². The van der Waals surface area contributed by atoms with E-state index in [1.807, 2.05) is 13.8 Å². The molecule has 1 heterocycles. The van der Waals surface area contributed by atoms with Gasteiger partial charge in [-0.15, -0.1) is 24.0 Å². The number of hydrogen-bond donors (Lipinski definition) is 1. The van der Waals surface area contributed by atoms with Crippen molar-refractivity contribution in [2.24, 2.45) is 4.99 Å². The minimum atomic E-state index is -3.27. The molecule has 0 spiro atoms. The normalized spacial score (nSPS) is 16.5. The summed E-state index contributed by atoms with van der Waals surface area (Å²) in [5.74, 6) is 0.849. The summed E-state index contributed by atoms with van der Waals surface area (Å²) in [6.07, 6.45) is 0.0417. The third-order valence-electron chi connectivity index (χ3n) is 4.39. The molecule has 1 rings (SSSR count). The standard InChI is InChI=1S/C17H37N5O4S.HI/c1-16(2)26-14-15-27(23,24)22-10-8-21(9-11-22)17(18-3)19-6-7-20(4)12-13-25-5;/h16H,6-15H2,1-5H3,(H,18,19);1H. The maximum atomic E-state index is 12.4.